The normalized spacial score (nSPS) is 15.2. The molecule has 2 aromatic carbocycles. The van der Waals surface area contributed by atoms with Crippen LogP contribution >= 0.6 is 11.3 Å². The second-order valence-corrected chi connectivity index (χ2v) is 8.23. The predicted octanol–water partition coefficient (Wildman–Crippen LogP) is 4.09. The number of amides is 3. The number of halogens is 1. The molecule has 0 spiro atoms. The van der Waals surface area contributed by atoms with Gasteiger partial charge in [-0.3, -0.25) is 4.79 Å². The number of likely N-dealkylation sites (tertiary alicyclic amines) is 1. The van der Waals surface area contributed by atoms with E-state index in [4.69, 9.17) is 4.74 Å². The van der Waals surface area contributed by atoms with Crippen molar-refractivity contribution in [1.82, 2.24) is 15.1 Å². The van der Waals surface area contributed by atoms with Gasteiger partial charge in [0.1, 0.15) is 10.8 Å². The summed E-state index contributed by atoms with van der Waals surface area (Å²) in [5.74, 6) is -1.42. The fourth-order valence-corrected chi connectivity index (χ4v) is 4.40. The van der Waals surface area contributed by atoms with Crippen molar-refractivity contribution in [3.63, 3.8) is 0 Å². The summed E-state index contributed by atoms with van der Waals surface area (Å²) < 4.78 is 17.8. The number of urea groups is 1. The molecule has 1 aliphatic heterocycles. The number of carbonyl (C=O) groups is 3. The molecule has 0 radical (unpaired) electrons. The third-order valence-electron chi connectivity index (χ3n) is 5.11. The Hall–Kier alpha value is -3.86. The van der Waals surface area contributed by atoms with Crippen LogP contribution in [0, 0.1) is 5.82 Å². The highest BCUT2D eigenvalue weighted by Gasteiger charge is 2.33. The van der Waals surface area contributed by atoms with Crippen molar-refractivity contribution in [2.45, 2.75) is 18.9 Å². The van der Waals surface area contributed by atoms with E-state index in [2.05, 4.69) is 20.8 Å². The number of aromatic nitrogens is 2. The van der Waals surface area contributed by atoms with Gasteiger partial charge in [-0.05, 0) is 49.2 Å². The SMILES string of the molecule is COC(=O)c1ccccc1NC(=O)N1CCCC1c1nnc(C(=O)Nc2ccc(F)cc2)s1. The lowest BCUT2D eigenvalue weighted by atomic mass is 10.2. The first-order valence-electron chi connectivity index (χ1n) is 10.1. The van der Waals surface area contributed by atoms with Crippen LogP contribution in [0.1, 0.15) is 44.1 Å². The number of nitrogens with zero attached hydrogens (tertiary/aromatic N) is 3. The Kier molecular flexibility index (Phi) is 6.59. The van der Waals surface area contributed by atoms with Gasteiger partial charge < -0.3 is 20.3 Å². The van der Waals surface area contributed by atoms with Crippen LogP contribution in [-0.2, 0) is 4.74 Å². The number of hydrogen-bond acceptors (Lipinski definition) is 7. The zero-order chi connectivity index (χ0) is 23.4. The minimum Gasteiger partial charge on any atom is -0.465 e. The third-order valence-corrected chi connectivity index (χ3v) is 6.13. The minimum atomic E-state index is -0.551. The zero-order valence-electron chi connectivity index (χ0n) is 17.6. The highest BCUT2D eigenvalue weighted by Crippen LogP contribution is 2.34. The largest absolute Gasteiger partial charge is 0.465 e. The number of esters is 1. The van der Waals surface area contributed by atoms with E-state index < -0.39 is 17.7 Å². The first kappa shape index (κ1) is 22.3. The summed E-state index contributed by atoms with van der Waals surface area (Å²) in [6.45, 7) is 0.494. The number of anilines is 2. The van der Waals surface area contributed by atoms with Crippen LogP contribution in [0.2, 0.25) is 0 Å². The average Bonchev–Trinajstić information content (AvgIpc) is 3.50. The van der Waals surface area contributed by atoms with Gasteiger partial charge in [0.2, 0.25) is 5.01 Å². The average molecular weight is 469 g/mol. The molecule has 1 saturated heterocycles. The van der Waals surface area contributed by atoms with Gasteiger partial charge in [-0.2, -0.15) is 0 Å². The van der Waals surface area contributed by atoms with Crippen molar-refractivity contribution >= 4 is 40.6 Å². The number of methoxy groups -OCH3 is 1. The highest BCUT2D eigenvalue weighted by atomic mass is 32.1. The molecule has 3 amide bonds. The monoisotopic (exact) mass is 469 g/mol. The van der Waals surface area contributed by atoms with Gasteiger partial charge in [-0.1, -0.05) is 23.5 Å². The minimum absolute atomic E-state index is 0.137. The highest BCUT2D eigenvalue weighted by molar-refractivity contribution is 7.13. The van der Waals surface area contributed by atoms with E-state index in [0.717, 1.165) is 17.8 Å². The van der Waals surface area contributed by atoms with Crippen LogP contribution in [-0.4, -0.2) is 46.7 Å². The molecule has 1 aliphatic rings. The van der Waals surface area contributed by atoms with Crippen LogP contribution in [0.3, 0.4) is 0 Å². The summed E-state index contributed by atoms with van der Waals surface area (Å²) in [5, 5.41) is 14.2. The Balaban J connectivity index is 1.46. The summed E-state index contributed by atoms with van der Waals surface area (Å²) in [6.07, 6.45) is 1.42. The quantitative estimate of drug-likeness (QED) is 0.544. The number of nitrogens with one attached hydrogen (secondary N) is 2. The van der Waals surface area contributed by atoms with Crippen LogP contribution in [0.15, 0.2) is 48.5 Å². The van der Waals surface area contributed by atoms with Gasteiger partial charge in [0.25, 0.3) is 5.91 Å². The summed E-state index contributed by atoms with van der Waals surface area (Å²) in [6, 6.07) is 11.2. The number of carbonyl (C=O) groups excluding carboxylic acids is 3. The number of benzene rings is 2. The Labute approximate surface area is 192 Å². The summed E-state index contributed by atoms with van der Waals surface area (Å²) in [5.41, 5.74) is 1.03. The smallest absolute Gasteiger partial charge is 0.339 e. The lowest BCUT2D eigenvalue weighted by molar-refractivity contribution is 0.0601. The van der Waals surface area contributed by atoms with Gasteiger partial charge in [0.05, 0.1) is 24.4 Å². The fourth-order valence-electron chi connectivity index (χ4n) is 3.51. The molecular formula is C22H20FN5O4S. The molecule has 0 saturated carbocycles. The van der Waals surface area contributed by atoms with Crippen LogP contribution in [0.25, 0.3) is 0 Å². The molecule has 11 heteroatoms. The van der Waals surface area contributed by atoms with Gasteiger partial charge in [-0.15, -0.1) is 10.2 Å². The van der Waals surface area contributed by atoms with E-state index in [1.54, 1.807) is 29.2 Å². The molecule has 1 aromatic heterocycles. The van der Waals surface area contributed by atoms with Crippen LogP contribution < -0.4 is 10.6 Å². The van der Waals surface area contributed by atoms with E-state index in [1.165, 1.54) is 31.4 Å². The van der Waals surface area contributed by atoms with Crippen molar-refractivity contribution in [3.05, 3.63) is 69.9 Å². The second kappa shape index (κ2) is 9.74. The lowest BCUT2D eigenvalue weighted by Gasteiger charge is -2.23. The summed E-state index contributed by atoms with van der Waals surface area (Å²) >= 11 is 1.10. The molecule has 9 nitrogen and oxygen atoms in total. The molecule has 1 fully saturated rings. The van der Waals surface area contributed by atoms with Crippen molar-refractivity contribution < 1.29 is 23.5 Å². The Morgan fingerprint density at radius 3 is 2.61 bits per heavy atom. The molecule has 2 heterocycles. The molecule has 0 aliphatic carbocycles. The third kappa shape index (κ3) is 4.98. The molecule has 170 valence electrons. The van der Waals surface area contributed by atoms with Crippen molar-refractivity contribution in [2.24, 2.45) is 0 Å². The van der Waals surface area contributed by atoms with Gasteiger partial charge >= 0.3 is 12.0 Å². The standard InChI is InChI=1S/C22H20FN5O4S/c1-32-21(30)15-5-2-3-6-16(15)25-22(31)28-12-4-7-17(28)19-26-27-20(33-19)18(29)24-14-10-8-13(23)9-11-14/h2-3,5-6,8-11,17H,4,7,12H2,1H3,(H,24,29)(H,25,31). The van der Waals surface area contributed by atoms with E-state index in [-0.39, 0.29) is 22.6 Å². The van der Waals surface area contributed by atoms with E-state index in [9.17, 15) is 18.8 Å². The maximum atomic E-state index is 13.0. The van der Waals surface area contributed by atoms with E-state index >= 15 is 0 Å². The number of para-hydroxylation sites is 1. The lowest BCUT2D eigenvalue weighted by Crippen LogP contribution is -2.34. The summed E-state index contributed by atoms with van der Waals surface area (Å²) in [4.78, 5) is 39.0. The first-order valence-corrected chi connectivity index (χ1v) is 10.9. The second-order valence-electron chi connectivity index (χ2n) is 7.23. The number of hydrogen-bond donors (Lipinski definition) is 2. The number of rotatable bonds is 5. The maximum Gasteiger partial charge on any atom is 0.339 e. The fraction of sp³-hybridized carbons (Fsp3) is 0.227. The van der Waals surface area contributed by atoms with Gasteiger partial charge in [0, 0.05) is 12.2 Å². The number of ether oxygens (including phenoxy) is 1. The Morgan fingerprint density at radius 1 is 1.09 bits per heavy atom. The van der Waals surface area contributed by atoms with Crippen molar-refractivity contribution in [1.29, 1.82) is 0 Å². The molecule has 2 N–H and O–H groups in total. The van der Waals surface area contributed by atoms with Crippen molar-refractivity contribution in [3.8, 4) is 0 Å². The Morgan fingerprint density at radius 2 is 1.85 bits per heavy atom. The molecule has 33 heavy (non-hydrogen) atoms. The molecule has 4 rings (SSSR count). The zero-order valence-corrected chi connectivity index (χ0v) is 18.4. The van der Waals surface area contributed by atoms with Crippen LogP contribution in [0.4, 0.5) is 20.6 Å². The molecule has 3 aromatic rings. The predicted molar refractivity (Wildman–Crippen MR) is 120 cm³/mol. The summed E-state index contributed by atoms with van der Waals surface area (Å²) in [7, 11) is 1.27. The molecule has 1 unspecified atom stereocenters. The molecule has 1 atom stereocenters. The van der Waals surface area contributed by atoms with Gasteiger partial charge in [0.15, 0.2) is 0 Å². The van der Waals surface area contributed by atoms with E-state index in [1.807, 2.05) is 0 Å². The van der Waals surface area contributed by atoms with Crippen LogP contribution in [0.5, 0.6) is 0 Å². The van der Waals surface area contributed by atoms with Crippen molar-refractivity contribution in [2.75, 3.05) is 24.3 Å². The van der Waals surface area contributed by atoms with Gasteiger partial charge in [-0.25, -0.2) is 14.0 Å². The van der Waals surface area contributed by atoms with E-state index in [0.29, 0.717) is 29.3 Å². The molecule has 0 bridgehead atoms. The first-order chi connectivity index (χ1) is 16.0. The maximum absolute atomic E-state index is 13.0. The Bertz CT molecular complexity index is 1180. The molecular weight excluding hydrogens is 449 g/mol. The topological polar surface area (TPSA) is 114 Å².